The van der Waals surface area contributed by atoms with E-state index in [9.17, 15) is 5.11 Å². The Labute approximate surface area is 88.5 Å². The summed E-state index contributed by atoms with van der Waals surface area (Å²) < 4.78 is 5.45. The minimum Gasteiger partial charge on any atom is -0.464 e. The van der Waals surface area contributed by atoms with E-state index in [4.69, 9.17) is 4.42 Å². The summed E-state index contributed by atoms with van der Waals surface area (Å²) >= 11 is 0. The highest BCUT2D eigenvalue weighted by Gasteiger charge is 2.54. The quantitative estimate of drug-likeness (QED) is 0.812. The number of hydrogen-bond donors (Lipinski definition) is 1. The predicted molar refractivity (Wildman–Crippen MR) is 58.5 cm³/mol. The first-order chi connectivity index (χ1) is 7.25. The van der Waals surface area contributed by atoms with Crippen LogP contribution in [0.5, 0.6) is 0 Å². The average molecular weight is 202 g/mol. The lowest BCUT2D eigenvalue weighted by atomic mass is 10.0. The number of rotatable bonds is 2. The topological polar surface area (TPSA) is 33.4 Å². The molecule has 1 aromatic carbocycles. The Kier molecular flexibility index (Phi) is 1.71. The van der Waals surface area contributed by atoms with E-state index in [0.717, 1.165) is 29.4 Å². The van der Waals surface area contributed by atoms with Gasteiger partial charge >= 0.3 is 0 Å². The van der Waals surface area contributed by atoms with Gasteiger partial charge in [-0.25, -0.2) is 0 Å². The molecule has 2 aromatic rings. The molecular formula is C13H14O2. The third-order valence-corrected chi connectivity index (χ3v) is 3.51. The lowest BCUT2D eigenvalue weighted by Gasteiger charge is -2.07. The molecule has 1 fully saturated rings. The van der Waals surface area contributed by atoms with E-state index in [1.165, 1.54) is 0 Å². The molecular weight excluding hydrogens is 188 g/mol. The summed E-state index contributed by atoms with van der Waals surface area (Å²) in [6.07, 6.45) is 3.60. The summed E-state index contributed by atoms with van der Waals surface area (Å²) in [6.45, 7) is 2.12. The zero-order valence-electron chi connectivity index (χ0n) is 8.73. The number of fused-ring (bicyclic) bond motifs is 1. The molecule has 0 amide bonds. The molecule has 1 N–H and O–H groups in total. The summed E-state index contributed by atoms with van der Waals surface area (Å²) in [7, 11) is 0. The third-order valence-electron chi connectivity index (χ3n) is 3.51. The zero-order valence-corrected chi connectivity index (χ0v) is 8.73. The van der Waals surface area contributed by atoms with Crippen LogP contribution in [0, 0.1) is 5.92 Å². The van der Waals surface area contributed by atoms with Gasteiger partial charge in [0.25, 0.3) is 0 Å². The molecule has 0 radical (unpaired) electrons. The minimum absolute atomic E-state index is 0.401. The number of aliphatic hydroxyl groups is 1. The van der Waals surface area contributed by atoms with Crippen molar-refractivity contribution >= 4 is 11.0 Å². The van der Waals surface area contributed by atoms with Crippen LogP contribution in [0.2, 0.25) is 0 Å². The molecule has 0 bridgehead atoms. The van der Waals surface area contributed by atoms with E-state index in [1.54, 1.807) is 6.26 Å². The van der Waals surface area contributed by atoms with Crippen LogP contribution in [-0.2, 0) is 5.60 Å². The van der Waals surface area contributed by atoms with E-state index in [-0.39, 0.29) is 0 Å². The molecule has 0 spiro atoms. The number of para-hydroxylation sites is 1. The molecule has 15 heavy (non-hydrogen) atoms. The molecule has 2 atom stereocenters. The molecule has 1 heterocycles. The van der Waals surface area contributed by atoms with Gasteiger partial charge in [0.05, 0.1) is 11.9 Å². The summed E-state index contributed by atoms with van der Waals surface area (Å²) in [5, 5.41) is 11.4. The molecule has 0 saturated heterocycles. The van der Waals surface area contributed by atoms with Gasteiger partial charge in [0.1, 0.15) is 5.58 Å². The SMILES string of the molecule is CCC1CC1(O)c1coc2ccccc12. The van der Waals surface area contributed by atoms with Crippen molar-refractivity contribution in [1.82, 2.24) is 0 Å². The Morgan fingerprint density at radius 3 is 3.00 bits per heavy atom. The Morgan fingerprint density at radius 1 is 1.47 bits per heavy atom. The molecule has 1 aromatic heterocycles. The van der Waals surface area contributed by atoms with Crippen molar-refractivity contribution in [2.75, 3.05) is 0 Å². The van der Waals surface area contributed by atoms with Crippen molar-refractivity contribution < 1.29 is 9.52 Å². The Balaban J connectivity index is 2.13. The highest BCUT2D eigenvalue weighted by Crippen LogP contribution is 2.55. The van der Waals surface area contributed by atoms with Crippen LogP contribution in [0.15, 0.2) is 34.9 Å². The second-order valence-electron chi connectivity index (χ2n) is 4.38. The van der Waals surface area contributed by atoms with Crippen LogP contribution >= 0.6 is 0 Å². The van der Waals surface area contributed by atoms with Gasteiger partial charge in [-0.2, -0.15) is 0 Å². The Hall–Kier alpha value is -1.28. The Morgan fingerprint density at radius 2 is 2.27 bits per heavy atom. The molecule has 2 heteroatoms. The van der Waals surface area contributed by atoms with Gasteiger partial charge in [-0.1, -0.05) is 31.5 Å². The van der Waals surface area contributed by atoms with Crippen molar-refractivity contribution in [1.29, 1.82) is 0 Å². The monoisotopic (exact) mass is 202 g/mol. The fourth-order valence-electron chi connectivity index (χ4n) is 2.44. The van der Waals surface area contributed by atoms with Crippen LogP contribution in [0.25, 0.3) is 11.0 Å². The maximum Gasteiger partial charge on any atom is 0.134 e. The summed E-state index contributed by atoms with van der Waals surface area (Å²) in [4.78, 5) is 0. The standard InChI is InChI=1S/C13H14O2/c1-2-9-7-13(9,14)11-8-15-12-6-4-3-5-10(11)12/h3-6,8-9,14H,2,7H2,1H3. The van der Waals surface area contributed by atoms with Crippen LogP contribution in [-0.4, -0.2) is 5.11 Å². The minimum atomic E-state index is -0.624. The highest BCUT2D eigenvalue weighted by molar-refractivity contribution is 5.82. The molecule has 1 saturated carbocycles. The maximum absolute atomic E-state index is 10.4. The van der Waals surface area contributed by atoms with Crippen molar-refractivity contribution in [2.45, 2.75) is 25.4 Å². The van der Waals surface area contributed by atoms with Gasteiger partial charge in [0.15, 0.2) is 0 Å². The van der Waals surface area contributed by atoms with Crippen molar-refractivity contribution in [3.63, 3.8) is 0 Å². The number of furan rings is 1. The van der Waals surface area contributed by atoms with Crippen LogP contribution in [0.4, 0.5) is 0 Å². The first-order valence-corrected chi connectivity index (χ1v) is 5.45. The first-order valence-electron chi connectivity index (χ1n) is 5.45. The molecule has 0 aliphatic heterocycles. The van der Waals surface area contributed by atoms with E-state index >= 15 is 0 Å². The Bertz CT molecular complexity index is 500. The lowest BCUT2D eigenvalue weighted by Crippen LogP contribution is -2.07. The molecule has 1 aliphatic rings. The second-order valence-corrected chi connectivity index (χ2v) is 4.38. The predicted octanol–water partition coefficient (Wildman–Crippen LogP) is 3.05. The molecule has 78 valence electrons. The molecule has 2 nitrogen and oxygen atoms in total. The van der Waals surface area contributed by atoms with E-state index in [1.807, 2.05) is 24.3 Å². The number of hydrogen-bond acceptors (Lipinski definition) is 2. The molecule has 1 aliphatic carbocycles. The van der Waals surface area contributed by atoms with Gasteiger partial charge in [0.2, 0.25) is 0 Å². The van der Waals surface area contributed by atoms with E-state index in [2.05, 4.69) is 6.92 Å². The van der Waals surface area contributed by atoms with E-state index < -0.39 is 5.60 Å². The van der Waals surface area contributed by atoms with Gasteiger partial charge < -0.3 is 9.52 Å². The average Bonchev–Trinajstić information content (AvgIpc) is 2.76. The van der Waals surface area contributed by atoms with Crippen LogP contribution in [0.1, 0.15) is 25.3 Å². The maximum atomic E-state index is 10.4. The van der Waals surface area contributed by atoms with Crippen molar-refractivity contribution in [2.24, 2.45) is 5.92 Å². The van der Waals surface area contributed by atoms with Gasteiger partial charge in [-0.05, 0) is 18.4 Å². The highest BCUT2D eigenvalue weighted by atomic mass is 16.3. The van der Waals surface area contributed by atoms with Gasteiger partial charge in [-0.15, -0.1) is 0 Å². The number of benzene rings is 1. The fraction of sp³-hybridized carbons (Fsp3) is 0.385. The zero-order chi connectivity index (χ0) is 10.5. The lowest BCUT2D eigenvalue weighted by molar-refractivity contribution is 0.131. The van der Waals surface area contributed by atoms with Gasteiger partial charge in [0, 0.05) is 10.9 Å². The smallest absolute Gasteiger partial charge is 0.134 e. The van der Waals surface area contributed by atoms with Crippen LogP contribution < -0.4 is 0 Å². The van der Waals surface area contributed by atoms with Gasteiger partial charge in [-0.3, -0.25) is 0 Å². The van der Waals surface area contributed by atoms with Crippen LogP contribution in [0.3, 0.4) is 0 Å². The first kappa shape index (κ1) is 8.98. The van der Waals surface area contributed by atoms with Crippen molar-refractivity contribution in [3.05, 3.63) is 36.1 Å². The van der Waals surface area contributed by atoms with E-state index in [0.29, 0.717) is 5.92 Å². The normalized spacial score (nSPS) is 29.6. The third kappa shape index (κ3) is 1.15. The van der Waals surface area contributed by atoms with Crippen molar-refractivity contribution in [3.8, 4) is 0 Å². The molecule has 3 rings (SSSR count). The second kappa shape index (κ2) is 2.86. The molecule has 2 unspecified atom stereocenters. The fourth-order valence-corrected chi connectivity index (χ4v) is 2.44. The summed E-state index contributed by atoms with van der Waals surface area (Å²) in [5.41, 5.74) is 1.20. The summed E-state index contributed by atoms with van der Waals surface area (Å²) in [5.74, 6) is 0.401. The largest absolute Gasteiger partial charge is 0.464 e. The summed E-state index contributed by atoms with van der Waals surface area (Å²) in [6, 6.07) is 7.88.